The molecule has 1 saturated heterocycles. The Bertz CT molecular complexity index is 731. The van der Waals surface area contributed by atoms with E-state index >= 15 is 0 Å². The zero-order valence-corrected chi connectivity index (χ0v) is 17.4. The molecule has 6 heteroatoms. The van der Waals surface area contributed by atoms with E-state index in [1.54, 1.807) is 28.6 Å². The molecule has 0 radical (unpaired) electrons. The van der Waals surface area contributed by atoms with E-state index in [0.29, 0.717) is 30.4 Å². The predicted octanol–water partition coefficient (Wildman–Crippen LogP) is 3.44. The summed E-state index contributed by atoms with van der Waals surface area (Å²) in [5, 5.41) is 0. The second-order valence-electron chi connectivity index (χ2n) is 8.20. The molecular weight excluding hydrogens is 360 g/mol. The number of piperidine rings is 1. The number of carbonyl (C=O) groups is 1. The molecule has 3 rings (SSSR count). The van der Waals surface area contributed by atoms with Gasteiger partial charge < -0.3 is 4.90 Å². The molecule has 0 aromatic heterocycles. The van der Waals surface area contributed by atoms with E-state index in [9.17, 15) is 13.2 Å². The topological polar surface area (TPSA) is 57.7 Å². The molecule has 0 N–H and O–H groups in total. The Kier molecular flexibility index (Phi) is 6.58. The van der Waals surface area contributed by atoms with Crippen LogP contribution in [0, 0.1) is 5.92 Å². The van der Waals surface area contributed by atoms with E-state index in [1.165, 1.54) is 12.8 Å². The van der Waals surface area contributed by atoms with Crippen LogP contribution >= 0.6 is 0 Å². The minimum absolute atomic E-state index is 0.112. The number of sulfonamides is 1. The fourth-order valence-electron chi connectivity index (χ4n) is 4.17. The van der Waals surface area contributed by atoms with Crippen LogP contribution < -0.4 is 0 Å². The highest BCUT2D eigenvalue weighted by atomic mass is 32.2. The van der Waals surface area contributed by atoms with Crippen LogP contribution in [-0.4, -0.2) is 49.7 Å². The molecule has 1 aliphatic heterocycles. The molecule has 1 amide bonds. The second kappa shape index (κ2) is 8.74. The predicted molar refractivity (Wildman–Crippen MR) is 107 cm³/mol. The van der Waals surface area contributed by atoms with Crippen molar-refractivity contribution in [3.8, 4) is 0 Å². The first kappa shape index (κ1) is 20.3. The van der Waals surface area contributed by atoms with E-state index in [1.807, 2.05) is 11.9 Å². The third-order valence-corrected chi connectivity index (χ3v) is 8.07. The van der Waals surface area contributed by atoms with Crippen molar-refractivity contribution in [1.82, 2.24) is 9.21 Å². The number of carbonyl (C=O) groups excluding carboxylic acids is 1. The van der Waals surface area contributed by atoms with Gasteiger partial charge in [0.25, 0.3) is 0 Å². The SMILES string of the molecule is CC1CCC(N(C)C(=O)Cc2ccc(S(=O)(=O)N3CCCCC3)cc2)CC1. The minimum atomic E-state index is -3.41. The summed E-state index contributed by atoms with van der Waals surface area (Å²) in [5.74, 6) is 0.875. The largest absolute Gasteiger partial charge is 0.342 e. The lowest BCUT2D eigenvalue weighted by atomic mass is 9.86. The van der Waals surface area contributed by atoms with Gasteiger partial charge in [0.05, 0.1) is 11.3 Å². The van der Waals surface area contributed by atoms with E-state index in [-0.39, 0.29) is 5.91 Å². The van der Waals surface area contributed by atoms with Crippen molar-refractivity contribution in [2.45, 2.75) is 69.2 Å². The standard InChI is InChI=1S/C21H32N2O3S/c1-17-6-10-19(11-7-17)22(2)21(24)16-18-8-12-20(13-9-18)27(25,26)23-14-4-3-5-15-23/h8-9,12-13,17,19H,3-7,10-11,14-16H2,1-2H3. The summed E-state index contributed by atoms with van der Waals surface area (Å²) in [5.41, 5.74) is 0.869. The highest BCUT2D eigenvalue weighted by Crippen LogP contribution is 2.27. The number of benzene rings is 1. The first-order valence-electron chi connectivity index (χ1n) is 10.2. The summed E-state index contributed by atoms with van der Waals surface area (Å²) in [4.78, 5) is 14.8. The maximum atomic E-state index is 12.7. The van der Waals surface area contributed by atoms with Crippen LogP contribution in [0.3, 0.4) is 0 Å². The molecule has 1 aromatic rings. The van der Waals surface area contributed by atoms with Crippen LogP contribution in [0.15, 0.2) is 29.2 Å². The van der Waals surface area contributed by atoms with Crippen LogP contribution in [0.25, 0.3) is 0 Å². The van der Waals surface area contributed by atoms with Gasteiger partial charge in [-0.2, -0.15) is 4.31 Å². The van der Waals surface area contributed by atoms with Gasteiger partial charge in [-0.25, -0.2) is 8.42 Å². The number of amides is 1. The highest BCUT2D eigenvalue weighted by Gasteiger charge is 2.27. The average molecular weight is 393 g/mol. The molecule has 27 heavy (non-hydrogen) atoms. The molecule has 0 bridgehead atoms. The summed E-state index contributed by atoms with van der Waals surface area (Å²) in [7, 11) is -1.51. The van der Waals surface area contributed by atoms with Gasteiger partial charge in [0.1, 0.15) is 0 Å². The van der Waals surface area contributed by atoms with Gasteiger partial charge in [0.2, 0.25) is 15.9 Å². The monoisotopic (exact) mass is 392 g/mol. The van der Waals surface area contributed by atoms with Crippen molar-refractivity contribution >= 4 is 15.9 Å². The van der Waals surface area contributed by atoms with Crippen molar-refractivity contribution in [3.05, 3.63) is 29.8 Å². The Balaban J connectivity index is 1.60. The highest BCUT2D eigenvalue weighted by molar-refractivity contribution is 7.89. The van der Waals surface area contributed by atoms with E-state index in [2.05, 4.69) is 6.92 Å². The van der Waals surface area contributed by atoms with Crippen LogP contribution in [0.1, 0.15) is 57.4 Å². The summed E-state index contributed by atoms with van der Waals surface area (Å²) >= 11 is 0. The maximum absolute atomic E-state index is 12.7. The Hall–Kier alpha value is -1.40. The Morgan fingerprint density at radius 2 is 1.63 bits per heavy atom. The van der Waals surface area contributed by atoms with Gasteiger partial charge in [-0.15, -0.1) is 0 Å². The van der Waals surface area contributed by atoms with Crippen molar-refractivity contribution in [2.75, 3.05) is 20.1 Å². The van der Waals surface area contributed by atoms with E-state index in [0.717, 1.165) is 43.6 Å². The molecule has 5 nitrogen and oxygen atoms in total. The van der Waals surface area contributed by atoms with Gasteiger partial charge in [-0.05, 0) is 62.1 Å². The lowest BCUT2D eigenvalue weighted by Crippen LogP contribution is -2.40. The third kappa shape index (κ3) is 4.91. The maximum Gasteiger partial charge on any atom is 0.243 e. The van der Waals surface area contributed by atoms with E-state index in [4.69, 9.17) is 0 Å². The van der Waals surface area contributed by atoms with Crippen molar-refractivity contribution < 1.29 is 13.2 Å². The second-order valence-corrected chi connectivity index (χ2v) is 10.1. The number of nitrogens with zero attached hydrogens (tertiary/aromatic N) is 2. The van der Waals surface area contributed by atoms with Crippen LogP contribution in [0.5, 0.6) is 0 Å². The lowest BCUT2D eigenvalue weighted by molar-refractivity contribution is -0.132. The summed E-state index contributed by atoms with van der Waals surface area (Å²) in [6.07, 6.45) is 7.81. The number of rotatable bonds is 5. The fraction of sp³-hybridized carbons (Fsp3) is 0.667. The summed E-state index contributed by atoms with van der Waals surface area (Å²) in [6.45, 7) is 3.48. The van der Waals surface area contributed by atoms with E-state index < -0.39 is 10.0 Å². The molecule has 0 unspecified atom stereocenters. The van der Waals surface area contributed by atoms with Gasteiger partial charge in [-0.3, -0.25) is 4.79 Å². The Labute approximate surface area is 163 Å². The smallest absolute Gasteiger partial charge is 0.243 e. The van der Waals surface area contributed by atoms with Crippen molar-refractivity contribution in [2.24, 2.45) is 5.92 Å². The van der Waals surface area contributed by atoms with Gasteiger partial charge in [-0.1, -0.05) is 25.5 Å². The lowest BCUT2D eigenvalue weighted by Gasteiger charge is -2.33. The van der Waals surface area contributed by atoms with Gasteiger partial charge >= 0.3 is 0 Å². The first-order chi connectivity index (χ1) is 12.9. The zero-order valence-electron chi connectivity index (χ0n) is 16.6. The fourth-order valence-corrected chi connectivity index (χ4v) is 5.68. The number of hydrogen-bond acceptors (Lipinski definition) is 3. The Morgan fingerprint density at radius 3 is 2.22 bits per heavy atom. The van der Waals surface area contributed by atoms with Crippen LogP contribution in [0.2, 0.25) is 0 Å². The van der Waals surface area contributed by atoms with Gasteiger partial charge in [0.15, 0.2) is 0 Å². The number of likely N-dealkylation sites (N-methyl/N-ethyl adjacent to an activating group) is 1. The molecule has 150 valence electrons. The average Bonchev–Trinajstić information content (AvgIpc) is 2.69. The molecule has 1 aliphatic carbocycles. The third-order valence-electron chi connectivity index (χ3n) is 6.16. The van der Waals surface area contributed by atoms with Crippen LogP contribution in [-0.2, 0) is 21.2 Å². The molecule has 1 aromatic carbocycles. The zero-order chi connectivity index (χ0) is 19.4. The van der Waals surface area contributed by atoms with Crippen molar-refractivity contribution in [3.63, 3.8) is 0 Å². The molecule has 0 spiro atoms. The molecule has 2 aliphatic rings. The normalized spacial score (nSPS) is 24.5. The summed E-state index contributed by atoms with van der Waals surface area (Å²) in [6, 6.07) is 7.20. The molecule has 1 saturated carbocycles. The summed E-state index contributed by atoms with van der Waals surface area (Å²) < 4.78 is 27.0. The Morgan fingerprint density at radius 1 is 1.04 bits per heavy atom. The quantitative estimate of drug-likeness (QED) is 0.771. The van der Waals surface area contributed by atoms with Crippen LogP contribution in [0.4, 0.5) is 0 Å². The molecular formula is C21H32N2O3S. The molecule has 2 fully saturated rings. The molecule has 0 atom stereocenters. The van der Waals surface area contributed by atoms with Crippen molar-refractivity contribution in [1.29, 1.82) is 0 Å². The van der Waals surface area contributed by atoms with Gasteiger partial charge in [0, 0.05) is 26.2 Å². The first-order valence-corrected chi connectivity index (χ1v) is 11.7. The number of hydrogen-bond donors (Lipinski definition) is 0. The minimum Gasteiger partial charge on any atom is -0.342 e. The molecule has 1 heterocycles.